The van der Waals surface area contributed by atoms with E-state index in [-0.39, 0.29) is 5.97 Å². The number of rotatable bonds is 7. The van der Waals surface area contributed by atoms with Gasteiger partial charge < -0.3 is 9.47 Å². The summed E-state index contributed by atoms with van der Waals surface area (Å²) in [5.41, 5.74) is 2.22. The highest BCUT2D eigenvalue weighted by atomic mass is 79.9. The van der Waals surface area contributed by atoms with E-state index < -0.39 is 0 Å². The van der Waals surface area contributed by atoms with E-state index in [2.05, 4.69) is 41.9 Å². The maximum absolute atomic E-state index is 11.9. The molecule has 0 aliphatic carbocycles. The van der Waals surface area contributed by atoms with Crippen molar-refractivity contribution >= 4 is 21.9 Å². The SMILES string of the molecule is Cc1ccccc1OC(=O)CCCOc1ccc(C(C)C)cc1Br. The van der Waals surface area contributed by atoms with E-state index in [4.69, 9.17) is 9.47 Å². The lowest BCUT2D eigenvalue weighted by Gasteiger charge is -2.11. The molecule has 0 aliphatic rings. The molecule has 0 amide bonds. The van der Waals surface area contributed by atoms with Gasteiger partial charge >= 0.3 is 5.97 Å². The van der Waals surface area contributed by atoms with Crippen LogP contribution in [0.1, 0.15) is 43.7 Å². The molecule has 2 rings (SSSR count). The van der Waals surface area contributed by atoms with Crippen molar-refractivity contribution in [2.45, 2.75) is 39.5 Å². The largest absolute Gasteiger partial charge is 0.492 e. The van der Waals surface area contributed by atoms with Crippen LogP contribution in [0.4, 0.5) is 0 Å². The number of halogens is 1. The minimum Gasteiger partial charge on any atom is -0.492 e. The Morgan fingerprint density at radius 1 is 1.12 bits per heavy atom. The number of aryl methyl sites for hydroxylation is 1. The second-order valence-corrected chi connectivity index (χ2v) is 6.89. The van der Waals surface area contributed by atoms with Crippen LogP contribution in [0.15, 0.2) is 46.9 Å². The van der Waals surface area contributed by atoms with Crippen molar-refractivity contribution in [3.8, 4) is 11.5 Å². The molecule has 3 nitrogen and oxygen atoms in total. The second-order valence-electron chi connectivity index (χ2n) is 6.04. The zero-order valence-electron chi connectivity index (χ0n) is 14.3. The van der Waals surface area contributed by atoms with Crippen LogP contribution in [0, 0.1) is 6.92 Å². The highest BCUT2D eigenvalue weighted by Gasteiger charge is 2.08. The summed E-state index contributed by atoms with van der Waals surface area (Å²) < 4.78 is 12.0. The normalized spacial score (nSPS) is 10.7. The Labute approximate surface area is 152 Å². The van der Waals surface area contributed by atoms with E-state index in [0.29, 0.717) is 31.1 Å². The molecule has 0 N–H and O–H groups in total. The predicted octanol–water partition coefficient (Wildman–Crippen LogP) is 5.65. The summed E-state index contributed by atoms with van der Waals surface area (Å²) in [5, 5.41) is 0. The average molecular weight is 391 g/mol. The highest BCUT2D eigenvalue weighted by Crippen LogP contribution is 2.29. The van der Waals surface area contributed by atoms with Gasteiger partial charge in [-0.2, -0.15) is 0 Å². The molecule has 0 spiro atoms. The van der Waals surface area contributed by atoms with Gasteiger partial charge in [-0.05, 0) is 64.5 Å². The highest BCUT2D eigenvalue weighted by molar-refractivity contribution is 9.10. The molecular formula is C20H23BrO3. The third-order valence-electron chi connectivity index (χ3n) is 3.72. The van der Waals surface area contributed by atoms with E-state index in [1.54, 1.807) is 6.07 Å². The lowest BCUT2D eigenvalue weighted by molar-refractivity contribution is -0.134. The van der Waals surface area contributed by atoms with Crippen LogP contribution in [0.25, 0.3) is 0 Å². The summed E-state index contributed by atoms with van der Waals surface area (Å²) in [7, 11) is 0. The van der Waals surface area contributed by atoms with Gasteiger partial charge in [0, 0.05) is 6.42 Å². The van der Waals surface area contributed by atoms with Gasteiger partial charge in [0.05, 0.1) is 11.1 Å². The van der Waals surface area contributed by atoms with Crippen LogP contribution < -0.4 is 9.47 Å². The molecule has 4 heteroatoms. The molecule has 128 valence electrons. The number of carbonyl (C=O) groups excluding carboxylic acids is 1. The van der Waals surface area contributed by atoms with Gasteiger partial charge in [-0.15, -0.1) is 0 Å². The first kappa shape index (κ1) is 18.5. The van der Waals surface area contributed by atoms with E-state index in [9.17, 15) is 4.79 Å². The third kappa shape index (κ3) is 5.38. The van der Waals surface area contributed by atoms with Crippen molar-refractivity contribution < 1.29 is 14.3 Å². The Bertz CT molecular complexity index is 695. The van der Waals surface area contributed by atoms with Gasteiger partial charge in [0.25, 0.3) is 0 Å². The summed E-state index contributed by atoms with van der Waals surface area (Å²) in [4.78, 5) is 11.9. The van der Waals surface area contributed by atoms with Crippen LogP contribution in [0.3, 0.4) is 0 Å². The predicted molar refractivity (Wildman–Crippen MR) is 99.8 cm³/mol. The lowest BCUT2D eigenvalue weighted by atomic mass is 10.0. The summed E-state index contributed by atoms with van der Waals surface area (Å²) in [6.07, 6.45) is 0.944. The van der Waals surface area contributed by atoms with E-state index >= 15 is 0 Å². The standard InChI is InChI=1S/C20H23BrO3/c1-14(2)16-10-11-19(17(21)13-16)23-12-6-9-20(22)24-18-8-5-4-7-15(18)3/h4-5,7-8,10-11,13-14H,6,9,12H2,1-3H3. The molecule has 0 atom stereocenters. The molecule has 0 saturated carbocycles. The number of esters is 1. The summed E-state index contributed by atoms with van der Waals surface area (Å²) in [6.45, 7) is 6.71. The van der Waals surface area contributed by atoms with Crippen molar-refractivity contribution in [2.24, 2.45) is 0 Å². The number of benzene rings is 2. The minimum atomic E-state index is -0.234. The molecule has 24 heavy (non-hydrogen) atoms. The maximum atomic E-state index is 11.9. The monoisotopic (exact) mass is 390 g/mol. The molecule has 2 aromatic carbocycles. The van der Waals surface area contributed by atoms with Crippen molar-refractivity contribution in [1.82, 2.24) is 0 Å². The van der Waals surface area contributed by atoms with Crippen LogP contribution in [-0.2, 0) is 4.79 Å². The molecule has 0 bridgehead atoms. The lowest BCUT2D eigenvalue weighted by Crippen LogP contribution is -2.10. The molecule has 2 aromatic rings. The molecule has 0 heterocycles. The Hall–Kier alpha value is -1.81. The summed E-state index contributed by atoms with van der Waals surface area (Å²) in [6, 6.07) is 13.6. The molecule has 0 saturated heterocycles. The van der Waals surface area contributed by atoms with Gasteiger partial charge in [-0.1, -0.05) is 38.1 Å². The molecule has 0 unspecified atom stereocenters. The van der Waals surface area contributed by atoms with Gasteiger partial charge in [-0.25, -0.2) is 0 Å². The summed E-state index contributed by atoms with van der Waals surface area (Å²) >= 11 is 3.53. The zero-order valence-corrected chi connectivity index (χ0v) is 15.9. The van der Waals surface area contributed by atoms with Crippen LogP contribution in [0.5, 0.6) is 11.5 Å². The van der Waals surface area contributed by atoms with Gasteiger partial charge in [0.2, 0.25) is 0 Å². The van der Waals surface area contributed by atoms with Crippen molar-refractivity contribution in [1.29, 1.82) is 0 Å². The first-order valence-electron chi connectivity index (χ1n) is 8.16. The summed E-state index contributed by atoms with van der Waals surface area (Å²) in [5.74, 6) is 1.66. The average Bonchev–Trinajstić information content (AvgIpc) is 2.54. The van der Waals surface area contributed by atoms with Crippen LogP contribution in [-0.4, -0.2) is 12.6 Å². The van der Waals surface area contributed by atoms with Gasteiger partial charge in [-0.3, -0.25) is 4.79 Å². The zero-order chi connectivity index (χ0) is 17.5. The molecule has 0 radical (unpaired) electrons. The number of ether oxygens (including phenoxy) is 2. The van der Waals surface area contributed by atoms with E-state index in [1.165, 1.54) is 5.56 Å². The number of hydrogen-bond acceptors (Lipinski definition) is 3. The Kier molecular flexibility index (Phi) is 6.85. The first-order chi connectivity index (χ1) is 11.5. The third-order valence-corrected chi connectivity index (χ3v) is 4.34. The molecule has 0 fully saturated rings. The van der Waals surface area contributed by atoms with E-state index in [0.717, 1.165) is 15.8 Å². The fourth-order valence-electron chi connectivity index (χ4n) is 2.24. The second kappa shape index (κ2) is 8.88. The van der Waals surface area contributed by atoms with Crippen molar-refractivity contribution in [3.63, 3.8) is 0 Å². The smallest absolute Gasteiger partial charge is 0.311 e. The van der Waals surface area contributed by atoms with Crippen molar-refractivity contribution in [3.05, 3.63) is 58.1 Å². The Morgan fingerprint density at radius 3 is 2.54 bits per heavy atom. The number of para-hydroxylation sites is 1. The number of hydrogen-bond donors (Lipinski definition) is 0. The van der Waals surface area contributed by atoms with Crippen molar-refractivity contribution in [2.75, 3.05) is 6.61 Å². The fourth-order valence-corrected chi connectivity index (χ4v) is 2.75. The molecular weight excluding hydrogens is 368 g/mol. The Morgan fingerprint density at radius 2 is 1.88 bits per heavy atom. The Balaban J connectivity index is 1.77. The molecule has 0 aromatic heterocycles. The van der Waals surface area contributed by atoms with Crippen LogP contribution >= 0.6 is 15.9 Å². The van der Waals surface area contributed by atoms with E-state index in [1.807, 2.05) is 31.2 Å². The number of carbonyl (C=O) groups is 1. The van der Waals surface area contributed by atoms with Crippen LogP contribution in [0.2, 0.25) is 0 Å². The minimum absolute atomic E-state index is 0.234. The van der Waals surface area contributed by atoms with Gasteiger partial charge in [0.1, 0.15) is 11.5 Å². The molecule has 0 aliphatic heterocycles. The van der Waals surface area contributed by atoms with Gasteiger partial charge in [0.15, 0.2) is 0 Å². The topological polar surface area (TPSA) is 35.5 Å². The fraction of sp³-hybridized carbons (Fsp3) is 0.350. The maximum Gasteiger partial charge on any atom is 0.311 e. The first-order valence-corrected chi connectivity index (χ1v) is 8.95. The quantitative estimate of drug-likeness (QED) is 0.348.